The van der Waals surface area contributed by atoms with Crippen molar-refractivity contribution in [2.45, 2.75) is 25.9 Å². The maximum Gasteiger partial charge on any atom is 0.328 e. The number of H-pyrrole nitrogens is 1. The molecule has 152 valence electrons. The monoisotopic (exact) mass is 398 g/mol. The predicted molar refractivity (Wildman–Crippen MR) is 107 cm³/mol. The van der Waals surface area contributed by atoms with Gasteiger partial charge in [-0.3, -0.25) is 19.1 Å². The van der Waals surface area contributed by atoms with Crippen LogP contribution in [0, 0.1) is 0 Å². The summed E-state index contributed by atoms with van der Waals surface area (Å²) in [6, 6.07) is 6.74. The number of amides is 1. The fraction of sp³-hybridized carbons (Fsp3) is 0.300. The average Bonchev–Trinajstić information content (AvgIpc) is 2.74. The highest BCUT2D eigenvalue weighted by Crippen LogP contribution is 2.29. The second-order valence-electron chi connectivity index (χ2n) is 6.38. The summed E-state index contributed by atoms with van der Waals surface area (Å²) in [6.07, 6.45) is 3.88. The van der Waals surface area contributed by atoms with Gasteiger partial charge in [-0.05, 0) is 24.1 Å². The van der Waals surface area contributed by atoms with E-state index in [9.17, 15) is 14.4 Å². The number of aromatic nitrogens is 3. The first kappa shape index (κ1) is 20.1. The van der Waals surface area contributed by atoms with Gasteiger partial charge in [0, 0.05) is 38.0 Å². The van der Waals surface area contributed by atoms with E-state index in [2.05, 4.69) is 15.3 Å². The van der Waals surface area contributed by atoms with Gasteiger partial charge < -0.3 is 19.8 Å². The van der Waals surface area contributed by atoms with E-state index in [4.69, 9.17) is 9.47 Å². The minimum Gasteiger partial charge on any atom is -0.493 e. The fourth-order valence-corrected chi connectivity index (χ4v) is 2.97. The number of ether oxygens (including phenoxy) is 2. The van der Waals surface area contributed by atoms with E-state index < -0.39 is 11.2 Å². The van der Waals surface area contributed by atoms with Gasteiger partial charge in [0.15, 0.2) is 11.5 Å². The van der Waals surface area contributed by atoms with Gasteiger partial charge in [-0.25, -0.2) is 4.79 Å². The van der Waals surface area contributed by atoms with Gasteiger partial charge in [0.1, 0.15) is 0 Å². The van der Waals surface area contributed by atoms with Gasteiger partial charge >= 0.3 is 5.69 Å². The number of fused-ring (bicyclic) bond motifs is 1. The molecule has 1 amide bonds. The number of benzene rings is 1. The quantitative estimate of drug-likeness (QED) is 0.589. The Labute approximate surface area is 166 Å². The molecule has 0 fully saturated rings. The van der Waals surface area contributed by atoms with Gasteiger partial charge in [-0.1, -0.05) is 6.07 Å². The van der Waals surface area contributed by atoms with Gasteiger partial charge in [-0.15, -0.1) is 0 Å². The Morgan fingerprint density at radius 3 is 2.66 bits per heavy atom. The van der Waals surface area contributed by atoms with Crippen LogP contribution in [-0.2, 0) is 17.9 Å². The van der Waals surface area contributed by atoms with E-state index in [0.29, 0.717) is 35.4 Å². The molecule has 3 rings (SSSR count). The summed E-state index contributed by atoms with van der Waals surface area (Å²) in [5.74, 6) is 0.647. The minimum atomic E-state index is -0.537. The van der Waals surface area contributed by atoms with Crippen LogP contribution in [0.3, 0.4) is 0 Å². The Kier molecular flexibility index (Phi) is 6.28. The molecule has 0 spiro atoms. The number of rotatable bonds is 8. The number of methoxy groups -OCH3 is 2. The van der Waals surface area contributed by atoms with Crippen LogP contribution < -0.4 is 26.0 Å². The Morgan fingerprint density at radius 2 is 1.97 bits per heavy atom. The topological polar surface area (TPSA) is 115 Å². The highest BCUT2D eigenvalue weighted by Gasteiger charge is 2.13. The van der Waals surface area contributed by atoms with E-state index >= 15 is 0 Å². The van der Waals surface area contributed by atoms with Crippen LogP contribution in [0.2, 0.25) is 0 Å². The van der Waals surface area contributed by atoms with Crippen molar-refractivity contribution in [1.82, 2.24) is 19.9 Å². The van der Waals surface area contributed by atoms with Crippen LogP contribution in [0.4, 0.5) is 0 Å². The SMILES string of the molecule is COc1cc2[nH]c(=O)n(CCCC(=O)NCc3cccnc3)c(=O)c2cc1OC. The lowest BCUT2D eigenvalue weighted by Gasteiger charge is -2.11. The number of nitrogens with one attached hydrogen (secondary N) is 2. The predicted octanol–water partition coefficient (Wildman–Crippen LogP) is 1.20. The third-order valence-electron chi connectivity index (χ3n) is 4.48. The molecule has 1 aromatic carbocycles. The summed E-state index contributed by atoms with van der Waals surface area (Å²) in [6.45, 7) is 0.504. The number of carbonyl (C=O) groups excluding carboxylic acids is 1. The summed E-state index contributed by atoms with van der Waals surface area (Å²) < 4.78 is 11.5. The zero-order valence-corrected chi connectivity index (χ0v) is 16.2. The molecule has 0 aliphatic carbocycles. The van der Waals surface area contributed by atoms with E-state index in [1.807, 2.05) is 6.07 Å². The number of nitrogens with zero attached hydrogens (tertiary/aromatic N) is 2. The van der Waals surface area contributed by atoms with Crippen molar-refractivity contribution in [1.29, 1.82) is 0 Å². The molecule has 0 saturated heterocycles. The van der Waals surface area contributed by atoms with Crippen LogP contribution in [0.15, 0.2) is 46.2 Å². The molecular formula is C20H22N4O5. The third kappa shape index (κ3) is 4.63. The summed E-state index contributed by atoms with van der Waals surface area (Å²) in [5, 5.41) is 3.10. The summed E-state index contributed by atoms with van der Waals surface area (Å²) in [4.78, 5) is 43.7. The number of carbonyl (C=O) groups is 1. The van der Waals surface area contributed by atoms with Crippen LogP contribution >= 0.6 is 0 Å². The van der Waals surface area contributed by atoms with Crippen LogP contribution in [0.1, 0.15) is 18.4 Å². The molecule has 29 heavy (non-hydrogen) atoms. The van der Waals surface area contributed by atoms with Crippen molar-refractivity contribution >= 4 is 16.8 Å². The summed E-state index contributed by atoms with van der Waals surface area (Å²) >= 11 is 0. The molecule has 0 aliphatic rings. The van der Waals surface area contributed by atoms with Crippen molar-refractivity contribution in [2.75, 3.05) is 14.2 Å². The molecule has 0 bridgehead atoms. The van der Waals surface area contributed by atoms with Gasteiger partial charge in [0.2, 0.25) is 5.91 Å². The molecule has 3 aromatic rings. The molecule has 0 atom stereocenters. The van der Waals surface area contributed by atoms with Crippen molar-refractivity contribution in [2.24, 2.45) is 0 Å². The van der Waals surface area contributed by atoms with Crippen molar-refractivity contribution in [3.05, 3.63) is 63.1 Å². The second kappa shape index (κ2) is 9.05. The fourth-order valence-electron chi connectivity index (χ4n) is 2.97. The Morgan fingerprint density at radius 1 is 1.21 bits per heavy atom. The van der Waals surface area contributed by atoms with Gasteiger partial charge in [0.05, 0.1) is 25.1 Å². The number of aromatic amines is 1. The Bertz CT molecular complexity index is 1120. The average molecular weight is 398 g/mol. The van der Waals surface area contributed by atoms with Crippen LogP contribution in [-0.4, -0.2) is 34.7 Å². The largest absolute Gasteiger partial charge is 0.493 e. The normalized spacial score (nSPS) is 10.7. The molecule has 0 unspecified atom stereocenters. The zero-order chi connectivity index (χ0) is 20.8. The number of pyridine rings is 1. The maximum atomic E-state index is 12.7. The molecule has 2 heterocycles. The number of hydrogen-bond acceptors (Lipinski definition) is 6. The van der Waals surface area contributed by atoms with E-state index in [-0.39, 0.29) is 18.9 Å². The zero-order valence-electron chi connectivity index (χ0n) is 16.2. The molecule has 0 radical (unpaired) electrons. The van der Waals surface area contributed by atoms with Crippen LogP contribution in [0.25, 0.3) is 10.9 Å². The van der Waals surface area contributed by atoms with Crippen molar-refractivity contribution < 1.29 is 14.3 Å². The van der Waals surface area contributed by atoms with Crippen molar-refractivity contribution in [3.8, 4) is 11.5 Å². The minimum absolute atomic E-state index is 0.124. The molecule has 2 N–H and O–H groups in total. The van der Waals surface area contributed by atoms with E-state index in [1.165, 1.54) is 20.3 Å². The molecule has 0 aliphatic heterocycles. The highest BCUT2D eigenvalue weighted by atomic mass is 16.5. The maximum absolute atomic E-state index is 12.7. The third-order valence-corrected chi connectivity index (χ3v) is 4.48. The standard InChI is InChI=1S/C20H22N4O5/c1-28-16-9-14-15(10-17(16)29-2)23-20(27)24(19(14)26)8-4-6-18(25)22-12-13-5-3-7-21-11-13/h3,5,7,9-11H,4,6,8,12H2,1-2H3,(H,22,25)(H,23,27). The van der Waals surface area contributed by atoms with E-state index in [1.54, 1.807) is 24.5 Å². The molecule has 0 saturated carbocycles. The summed E-state index contributed by atoms with van der Waals surface area (Å²) in [7, 11) is 2.94. The first-order valence-electron chi connectivity index (χ1n) is 9.08. The van der Waals surface area contributed by atoms with Crippen LogP contribution in [0.5, 0.6) is 11.5 Å². The Hall–Kier alpha value is -3.62. The first-order chi connectivity index (χ1) is 14.0. The Balaban J connectivity index is 1.69. The highest BCUT2D eigenvalue weighted by molar-refractivity contribution is 5.81. The lowest BCUT2D eigenvalue weighted by molar-refractivity contribution is -0.121. The molecule has 9 heteroatoms. The molecular weight excluding hydrogens is 376 g/mol. The lowest BCUT2D eigenvalue weighted by Crippen LogP contribution is -2.35. The smallest absolute Gasteiger partial charge is 0.328 e. The lowest BCUT2D eigenvalue weighted by atomic mass is 10.2. The van der Waals surface area contributed by atoms with Crippen molar-refractivity contribution in [3.63, 3.8) is 0 Å². The van der Waals surface area contributed by atoms with Gasteiger partial charge in [0.25, 0.3) is 5.56 Å². The second-order valence-corrected chi connectivity index (χ2v) is 6.38. The summed E-state index contributed by atoms with van der Waals surface area (Å²) in [5.41, 5.74) is 0.279. The first-order valence-corrected chi connectivity index (χ1v) is 9.08. The molecule has 2 aromatic heterocycles. The van der Waals surface area contributed by atoms with Gasteiger partial charge in [-0.2, -0.15) is 0 Å². The van der Waals surface area contributed by atoms with E-state index in [0.717, 1.165) is 10.1 Å². The number of hydrogen-bond donors (Lipinski definition) is 2. The molecule has 9 nitrogen and oxygen atoms in total.